The number of ether oxygens (including phenoxy) is 2. The molecule has 1 aromatic heterocycles. The van der Waals surface area contributed by atoms with E-state index in [1.54, 1.807) is 38.4 Å². The Morgan fingerprint density at radius 2 is 2.09 bits per heavy atom. The fourth-order valence-electron chi connectivity index (χ4n) is 3.49. The molecule has 3 rings (SSSR count). The van der Waals surface area contributed by atoms with Gasteiger partial charge in [0.15, 0.2) is 11.5 Å². The molecule has 1 heterocycles. The smallest absolute Gasteiger partial charge is 0.387 e. The molecular formula is C24H31F2N2O4S+. The van der Waals surface area contributed by atoms with Crippen LogP contribution in [0.25, 0.3) is 0 Å². The highest BCUT2D eigenvalue weighted by molar-refractivity contribution is 7.11. The maximum absolute atomic E-state index is 13.0. The third kappa shape index (κ3) is 6.83. The average molecular weight is 482 g/mol. The number of thiazole rings is 1. The molecule has 4 N–H and O–H groups in total. The predicted octanol–water partition coefficient (Wildman–Crippen LogP) is 4.84. The van der Waals surface area contributed by atoms with Crippen molar-refractivity contribution in [3.63, 3.8) is 0 Å². The molecule has 33 heavy (non-hydrogen) atoms. The van der Waals surface area contributed by atoms with Gasteiger partial charge in [-0.25, -0.2) is 10.2 Å². The van der Waals surface area contributed by atoms with Gasteiger partial charge in [0.2, 0.25) is 0 Å². The highest BCUT2D eigenvalue weighted by Crippen LogP contribution is 2.41. The zero-order valence-electron chi connectivity index (χ0n) is 19.0. The standard InChI is InChI=1S/C24H30F2N2O4S/c1-4-15(10-11-28-30)12-18(21-14-27-22(33-21)24(2,3)29)16-8-9-19(32-23(25)26)20(13-16)31-17-6-5-7-17/h4,8-11,13-14,17-18,23,28-30H,5-7,12H2,1-3H3/p+1/b11-10-,15-4+. The fraction of sp³-hybridized carbons (Fsp3) is 0.458. The van der Waals surface area contributed by atoms with E-state index in [1.807, 2.05) is 19.1 Å². The van der Waals surface area contributed by atoms with E-state index in [9.17, 15) is 13.9 Å². The lowest BCUT2D eigenvalue weighted by Gasteiger charge is -2.28. The molecule has 2 aromatic rings. The topological polar surface area (TPSA) is 88.4 Å². The molecule has 1 fully saturated rings. The van der Waals surface area contributed by atoms with Crippen molar-refractivity contribution in [1.29, 1.82) is 0 Å². The molecule has 6 nitrogen and oxygen atoms in total. The minimum absolute atomic E-state index is 0.00181. The summed E-state index contributed by atoms with van der Waals surface area (Å²) >= 11 is 1.41. The van der Waals surface area contributed by atoms with E-state index in [0.29, 0.717) is 17.2 Å². The van der Waals surface area contributed by atoms with Crippen molar-refractivity contribution in [2.75, 3.05) is 0 Å². The molecule has 9 heteroatoms. The maximum Gasteiger partial charge on any atom is 0.387 e. The molecule has 0 amide bonds. The Kier molecular flexibility index (Phi) is 8.58. The van der Waals surface area contributed by atoms with Crippen LogP contribution in [-0.2, 0) is 5.60 Å². The molecule has 1 aromatic carbocycles. The molecule has 1 unspecified atom stereocenters. The van der Waals surface area contributed by atoms with Gasteiger partial charge in [0, 0.05) is 17.0 Å². The summed E-state index contributed by atoms with van der Waals surface area (Å²) < 4.78 is 36.6. The van der Waals surface area contributed by atoms with Crippen LogP contribution in [0, 0.1) is 0 Å². The first-order valence-corrected chi connectivity index (χ1v) is 11.8. The SMILES string of the molecule is C/C=C(\C=C/[NH2+]O)CC(c1ccc(OC(F)F)c(OC2CCC2)c1)c1cnc(C(C)(C)O)s1. The van der Waals surface area contributed by atoms with Gasteiger partial charge in [-0.3, -0.25) is 0 Å². The van der Waals surface area contributed by atoms with Crippen LogP contribution in [0.3, 0.4) is 0 Å². The number of aromatic nitrogens is 1. The van der Waals surface area contributed by atoms with Crippen LogP contribution in [0.4, 0.5) is 8.78 Å². The van der Waals surface area contributed by atoms with Gasteiger partial charge in [-0.2, -0.15) is 14.3 Å². The van der Waals surface area contributed by atoms with Crippen molar-refractivity contribution in [2.45, 2.75) is 70.7 Å². The van der Waals surface area contributed by atoms with E-state index in [1.165, 1.54) is 17.4 Å². The molecule has 180 valence electrons. The number of quaternary nitrogens is 1. The lowest BCUT2D eigenvalue weighted by molar-refractivity contribution is -0.838. The summed E-state index contributed by atoms with van der Waals surface area (Å²) in [4.78, 5) is 5.33. The van der Waals surface area contributed by atoms with Crippen LogP contribution < -0.4 is 15.0 Å². The number of hydrogen-bond donors (Lipinski definition) is 3. The van der Waals surface area contributed by atoms with Crippen molar-refractivity contribution in [3.8, 4) is 11.5 Å². The second-order valence-electron chi connectivity index (χ2n) is 8.51. The average Bonchev–Trinajstić information content (AvgIpc) is 3.22. The first kappa shape index (κ1) is 25.3. The number of halogens is 2. The van der Waals surface area contributed by atoms with Crippen molar-refractivity contribution in [3.05, 3.63) is 63.8 Å². The lowest BCUT2D eigenvalue weighted by atomic mass is 9.90. The van der Waals surface area contributed by atoms with E-state index < -0.39 is 12.2 Å². The summed E-state index contributed by atoms with van der Waals surface area (Å²) in [6.07, 6.45) is 10.4. The monoisotopic (exact) mass is 481 g/mol. The Hall–Kier alpha value is -2.33. The number of nitrogens with zero attached hydrogens (tertiary/aromatic N) is 1. The van der Waals surface area contributed by atoms with Crippen molar-refractivity contribution in [1.82, 2.24) is 4.98 Å². The third-order valence-corrected chi connectivity index (χ3v) is 6.95. The molecule has 0 radical (unpaired) electrons. The molecule has 0 saturated heterocycles. The highest BCUT2D eigenvalue weighted by Gasteiger charge is 2.27. The Morgan fingerprint density at radius 3 is 2.64 bits per heavy atom. The van der Waals surface area contributed by atoms with E-state index in [0.717, 1.165) is 40.8 Å². The van der Waals surface area contributed by atoms with Crippen LogP contribution >= 0.6 is 11.3 Å². The zero-order valence-corrected chi connectivity index (χ0v) is 19.8. The van der Waals surface area contributed by atoms with Gasteiger partial charge in [0.05, 0.1) is 6.10 Å². The van der Waals surface area contributed by atoms with Gasteiger partial charge in [-0.1, -0.05) is 12.1 Å². The van der Waals surface area contributed by atoms with E-state index in [4.69, 9.17) is 14.7 Å². The number of hydrogen-bond acceptors (Lipinski definition) is 6. The number of aliphatic hydroxyl groups is 1. The van der Waals surface area contributed by atoms with Gasteiger partial charge in [-0.15, -0.1) is 11.3 Å². The molecule has 1 aliphatic carbocycles. The predicted molar refractivity (Wildman–Crippen MR) is 122 cm³/mol. The van der Waals surface area contributed by atoms with Crippen LogP contribution in [0.15, 0.2) is 48.3 Å². The van der Waals surface area contributed by atoms with E-state index in [2.05, 4.69) is 4.98 Å². The Labute approximate surface area is 196 Å². The summed E-state index contributed by atoms with van der Waals surface area (Å²) in [5.74, 6) is 0.149. The molecule has 1 saturated carbocycles. The second-order valence-corrected chi connectivity index (χ2v) is 9.57. The molecule has 1 atom stereocenters. The normalized spacial score (nSPS) is 16.3. The maximum atomic E-state index is 13.0. The number of benzene rings is 1. The summed E-state index contributed by atoms with van der Waals surface area (Å²) in [5.41, 5.74) is 1.73. The van der Waals surface area contributed by atoms with Crippen molar-refractivity contribution < 1.29 is 34.0 Å². The number of allylic oxidation sites excluding steroid dienone is 3. The summed E-state index contributed by atoms with van der Waals surface area (Å²) in [6, 6.07) is 5.04. The van der Waals surface area contributed by atoms with E-state index >= 15 is 0 Å². The number of rotatable bonds is 11. The Balaban J connectivity index is 2.01. The minimum Gasteiger partial charge on any atom is -0.487 e. The number of alkyl halides is 2. The van der Waals surface area contributed by atoms with Gasteiger partial charge < -0.3 is 14.6 Å². The van der Waals surface area contributed by atoms with Gasteiger partial charge in [0.1, 0.15) is 16.8 Å². The van der Waals surface area contributed by atoms with Crippen LogP contribution in [0.1, 0.15) is 67.8 Å². The van der Waals surface area contributed by atoms with Gasteiger partial charge in [-0.05, 0) is 75.8 Å². The van der Waals surface area contributed by atoms with Crippen LogP contribution in [-0.4, -0.2) is 28.0 Å². The Morgan fingerprint density at radius 1 is 1.33 bits per heavy atom. The van der Waals surface area contributed by atoms with Crippen LogP contribution in [0.2, 0.25) is 0 Å². The largest absolute Gasteiger partial charge is 0.487 e. The Bertz CT molecular complexity index is 981. The van der Waals surface area contributed by atoms with Crippen LogP contribution in [0.5, 0.6) is 11.5 Å². The summed E-state index contributed by atoms with van der Waals surface area (Å²) in [6.45, 7) is 2.33. The zero-order chi connectivity index (χ0) is 24.0. The molecule has 0 spiro atoms. The number of nitrogens with two attached hydrogens (primary N) is 1. The van der Waals surface area contributed by atoms with E-state index in [-0.39, 0.29) is 17.8 Å². The quantitative estimate of drug-likeness (QED) is 0.316. The number of hydroxylamine groups is 1. The summed E-state index contributed by atoms with van der Waals surface area (Å²) in [5, 5.41) is 20.0. The lowest BCUT2D eigenvalue weighted by Crippen LogP contribution is -2.73. The minimum atomic E-state index is -2.94. The highest BCUT2D eigenvalue weighted by atomic mass is 32.1. The fourth-order valence-corrected chi connectivity index (χ4v) is 4.54. The van der Waals surface area contributed by atoms with Gasteiger partial charge >= 0.3 is 6.61 Å². The van der Waals surface area contributed by atoms with Gasteiger partial charge in [0.25, 0.3) is 0 Å². The first-order chi connectivity index (χ1) is 15.7. The molecular weight excluding hydrogens is 450 g/mol. The van der Waals surface area contributed by atoms with Crippen molar-refractivity contribution in [2.24, 2.45) is 0 Å². The molecule has 0 aliphatic heterocycles. The third-order valence-electron chi connectivity index (χ3n) is 5.53. The van der Waals surface area contributed by atoms with Crippen molar-refractivity contribution >= 4 is 11.3 Å². The molecule has 0 bridgehead atoms. The first-order valence-electron chi connectivity index (χ1n) is 10.9. The second kappa shape index (κ2) is 11.2. The molecule has 1 aliphatic rings. The summed E-state index contributed by atoms with van der Waals surface area (Å²) in [7, 11) is 0.